The maximum atomic E-state index is 8.60. The van der Waals surface area contributed by atoms with E-state index in [-0.39, 0.29) is 6.10 Å². The standard InChI is InChI=1S/C12H20O2/c1-2-3-4-5-8-11-12(14-11)9-6-7-10-13/h11-13H,2-4,6-7,9-10H2,1H3/t11-,12+/m1/s1. The Morgan fingerprint density at radius 1 is 1.29 bits per heavy atom. The van der Waals surface area contributed by atoms with Crippen LogP contribution in [0.4, 0.5) is 0 Å². The Balaban J connectivity index is 1.98. The van der Waals surface area contributed by atoms with Crippen molar-refractivity contribution in [1.82, 2.24) is 0 Å². The van der Waals surface area contributed by atoms with E-state index in [2.05, 4.69) is 18.8 Å². The Morgan fingerprint density at radius 2 is 2.14 bits per heavy atom. The van der Waals surface area contributed by atoms with Crippen LogP contribution in [0.2, 0.25) is 0 Å². The van der Waals surface area contributed by atoms with Gasteiger partial charge in [-0.2, -0.15) is 0 Å². The minimum atomic E-state index is 0.200. The van der Waals surface area contributed by atoms with Crippen LogP contribution in [0.1, 0.15) is 45.4 Å². The maximum absolute atomic E-state index is 8.60. The molecule has 0 unspecified atom stereocenters. The van der Waals surface area contributed by atoms with Gasteiger partial charge in [-0.15, -0.1) is 5.92 Å². The van der Waals surface area contributed by atoms with Gasteiger partial charge < -0.3 is 9.84 Å². The number of hydrogen-bond acceptors (Lipinski definition) is 2. The average Bonchev–Trinajstić information content (AvgIpc) is 2.92. The predicted molar refractivity (Wildman–Crippen MR) is 56.9 cm³/mol. The lowest BCUT2D eigenvalue weighted by Crippen LogP contribution is -1.92. The zero-order valence-corrected chi connectivity index (χ0v) is 8.96. The van der Waals surface area contributed by atoms with E-state index in [9.17, 15) is 0 Å². The molecule has 1 rings (SSSR count). The molecule has 0 spiro atoms. The van der Waals surface area contributed by atoms with Crippen LogP contribution in [0.25, 0.3) is 0 Å². The first-order chi connectivity index (χ1) is 6.88. The highest BCUT2D eigenvalue weighted by atomic mass is 16.6. The monoisotopic (exact) mass is 196 g/mol. The number of hydrogen-bond donors (Lipinski definition) is 1. The summed E-state index contributed by atoms with van der Waals surface area (Å²) < 4.78 is 5.39. The van der Waals surface area contributed by atoms with Gasteiger partial charge in [-0.3, -0.25) is 0 Å². The molecule has 80 valence electrons. The molecule has 0 radical (unpaired) electrons. The molecule has 2 heteroatoms. The number of epoxide rings is 1. The van der Waals surface area contributed by atoms with Gasteiger partial charge in [0.25, 0.3) is 0 Å². The van der Waals surface area contributed by atoms with Crippen LogP contribution in [0.5, 0.6) is 0 Å². The van der Waals surface area contributed by atoms with Crippen LogP contribution in [0.15, 0.2) is 0 Å². The number of rotatable bonds is 6. The predicted octanol–water partition coefficient (Wildman–Crippen LogP) is 2.11. The van der Waals surface area contributed by atoms with Crippen molar-refractivity contribution in [3.63, 3.8) is 0 Å². The molecule has 14 heavy (non-hydrogen) atoms. The fourth-order valence-electron chi connectivity index (χ4n) is 1.38. The third kappa shape index (κ3) is 4.64. The van der Waals surface area contributed by atoms with E-state index in [1.165, 1.54) is 12.8 Å². The molecule has 0 bridgehead atoms. The summed E-state index contributed by atoms with van der Waals surface area (Å²) in [6.45, 7) is 2.46. The lowest BCUT2D eigenvalue weighted by molar-refractivity contribution is 0.278. The molecule has 0 aromatic heterocycles. The van der Waals surface area contributed by atoms with Crippen LogP contribution in [0.3, 0.4) is 0 Å². The van der Waals surface area contributed by atoms with Crippen molar-refractivity contribution in [2.75, 3.05) is 6.61 Å². The highest BCUT2D eigenvalue weighted by molar-refractivity contribution is 5.13. The first-order valence-electron chi connectivity index (χ1n) is 5.63. The smallest absolute Gasteiger partial charge is 0.144 e. The van der Waals surface area contributed by atoms with Crippen LogP contribution >= 0.6 is 0 Å². The van der Waals surface area contributed by atoms with Crippen molar-refractivity contribution < 1.29 is 9.84 Å². The molecule has 1 fully saturated rings. The first-order valence-corrected chi connectivity index (χ1v) is 5.63. The Morgan fingerprint density at radius 3 is 2.86 bits per heavy atom. The fourth-order valence-corrected chi connectivity index (χ4v) is 1.38. The van der Waals surface area contributed by atoms with E-state index >= 15 is 0 Å². The van der Waals surface area contributed by atoms with Gasteiger partial charge in [0.2, 0.25) is 0 Å². The molecule has 1 saturated heterocycles. The van der Waals surface area contributed by atoms with Crippen molar-refractivity contribution in [3.8, 4) is 11.8 Å². The molecule has 2 nitrogen and oxygen atoms in total. The SMILES string of the molecule is CCCCC#C[C@H]1O[C@H]1CCCCO. The second-order valence-corrected chi connectivity index (χ2v) is 3.74. The lowest BCUT2D eigenvalue weighted by atomic mass is 10.1. The minimum Gasteiger partial charge on any atom is -0.396 e. The highest BCUT2D eigenvalue weighted by Gasteiger charge is 2.36. The van der Waals surface area contributed by atoms with Gasteiger partial charge in [0.05, 0.1) is 6.10 Å². The molecule has 0 amide bonds. The number of unbranched alkanes of at least 4 members (excludes halogenated alkanes) is 3. The Labute approximate surface area is 86.7 Å². The fraction of sp³-hybridized carbons (Fsp3) is 0.833. The second kappa shape index (κ2) is 6.86. The van der Waals surface area contributed by atoms with E-state index in [1.54, 1.807) is 0 Å². The Kier molecular flexibility index (Phi) is 5.66. The lowest BCUT2D eigenvalue weighted by Gasteiger charge is -1.91. The first kappa shape index (κ1) is 11.6. The highest BCUT2D eigenvalue weighted by Crippen LogP contribution is 2.26. The van der Waals surface area contributed by atoms with E-state index < -0.39 is 0 Å². The summed E-state index contributed by atoms with van der Waals surface area (Å²) in [7, 11) is 0. The van der Waals surface area contributed by atoms with Gasteiger partial charge in [-0.25, -0.2) is 0 Å². The summed E-state index contributed by atoms with van der Waals surface area (Å²) >= 11 is 0. The normalized spacial score (nSPS) is 24.1. The van der Waals surface area contributed by atoms with Crippen LogP contribution in [-0.2, 0) is 4.74 Å². The van der Waals surface area contributed by atoms with Crippen molar-refractivity contribution in [1.29, 1.82) is 0 Å². The molecular weight excluding hydrogens is 176 g/mol. The third-order valence-electron chi connectivity index (χ3n) is 2.38. The number of aliphatic hydroxyl groups excluding tert-OH is 1. The Hall–Kier alpha value is -0.520. The third-order valence-corrected chi connectivity index (χ3v) is 2.38. The quantitative estimate of drug-likeness (QED) is 0.401. The van der Waals surface area contributed by atoms with E-state index in [1.807, 2.05) is 0 Å². The summed E-state index contributed by atoms with van der Waals surface area (Å²) in [5.41, 5.74) is 0. The summed E-state index contributed by atoms with van der Waals surface area (Å²) in [6, 6.07) is 0. The summed E-state index contributed by atoms with van der Waals surface area (Å²) in [5.74, 6) is 6.28. The topological polar surface area (TPSA) is 32.8 Å². The van der Waals surface area contributed by atoms with Gasteiger partial charge in [0.1, 0.15) is 6.10 Å². The molecule has 2 atom stereocenters. The molecule has 1 aliphatic heterocycles. The van der Waals surface area contributed by atoms with Crippen molar-refractivity contribution in [3.05, 3.63) is 0 Å². The van der Waals surface area contributed by atoms with Gasteiger partial charge in [-0.05, 0) is 25.7 Å². The second-order valence-electron chi connectivity index (χ2n) is 3.74. The average molecular weight is 196 g/mol. The molecular formula is C12H20O2. The minimum absolute atomic E-state index is 0.200. The van der Waals surface area contributed by atoms with E-state index in [0.717, 1.165) is 25.7 Å². The summed E-state index contributed by atoms with van der Waals surface area (Å²) in [5, 5.41) is 8.60. The van der Waals surface area contributed by atoms with Gasteiger partial charge in [0.15, 0.2) is 0 Å². The number of ether oxygens (including phenoxy) is 1. The van der Waals surface area contributed by atoms with Crippen LogP contribution in [0, 0.1) is 11.8 Å². The molecule has 1 aliphatic rings. The molecule has 0 aliphatic carbocycles. The van der Waals surface area contributed by atoms with Gasteiger partial charge >= 0.3 is 0 Å². The molecule has 1 heterocycles. The maximum Gasteiger partial charge on any atom is 0.144 e. The summed E-state index contributed by atoms with van der Waals surface area (Å²) in [6.07, 6.45) is 6.94. The van der Waals surface area contributed by atoms with E-state index in [0.29, 0.717) is 12.7 Å². The van der Waals surface area contributed by atoms with E-state index in [4.69, 9.17) is 9.84 Å². The van der Waals surface area contributed by atoms with Gasteiger partial charge in [-0.1, -0.05) is 19.3 Å². The molecule has 1 N–H and O–H groups in total. The molecule has 0 aromatic carbocycles. The zero-order chi connectivity index (χ0) is 10.2. The molecule has 0 saturated carbocycles. The van der Waals surface area contributed by atoms with Crippen LogP contribution in [-0.4, -0.2) is 23.9 Å². The van der Waals surface area contributed by atoms with Crippen molar-refractivity contribution >= 4 is 0 Å². The van der Waals surface area contributed by atoms with Crippen LogP contribution < -0.4 is 0 Å². The summed E-state index contributed by atoms with van der Waals surface area (Å²) in [4.78, 5) is 0. The van der Waals surface area contributed by atoms with Crippen molar-refractivity contribution in [2.45, 2.75) is 57.7 Å². The molecule has 0 aromatic rings. The van der Waals surface area contributed by atoms with Crippen molar-refractivity contribution in [2.24, 2.45) is 0 Å². The Bertz CT molecular complexity index is 202. The van der Waals surface area contributed by atoms with Gasteiger partial charge in [0, 0.05) is 13.0 Å². The number of aliphatic hydroxyl groups is 1. The largest absolute Gasteiger partial charge is 0.396 e. The zero-order valence-electron chi connectivity index (χ0n) is 8.96.